The van der Waals surface area contributed by atoms with Gasteiger partial charge in [-0.05, 0) is 63.9 Å². The second-order valence-electron chi connectivity index (χ2n) is 9.49. The first kappa shape index (κ1) is 28.9. The Morgan fingerprint density at radius 1 is 1.06 bits per heavy atom. The fourth-order valence-corrected chi connectivity index (χ4v) is 4.98. The van der Waals surface area contributed by atoms with E-state index in [1.807, 2.05) is 33.8 Å². The van der Waals surface area contributed by atoms with Crippen LogP contribution in [0.15, 0.2) is 42.5 Å². The van der Waals surface area contributed by atoms with Crippen molar-refractivity contribution in [3.05, 3.63) is 63.6 Å². The Hall–Kier alpha value is -2.29. The minimum absolute atomic E-state index is 0.0567. The second kappa shape index (κ2) is 11.6. The molecule has 35 heavy (non-hydrogen) atoms. The lowest BCUT2D eigenvalue weighted by atomic mass is 10.1. The van der Waals surface area contributed by atoms with Crippen molar-refractivity contribution in [1.29, 1.82) is 0 Å². The highest BCUT2D eigenvalue weighted by atomic mass is 35.5. The van der Waals surface area contributed by atoms with Crippen molar-refractivity contribution in [2.24, 2.45) is 0 Å². The smallest absolute Gasteiger partial charge is 0.244 e. The van der Waals surface area contributed by atoms with Crippen molar-refractivity contribution in [3.63, 3.8) is 0 Å². The summed E-state index contributed by atoms with van der Waals surface area (Å²) >= 11 is 12.7. The van der Waals surface area contributed by atoms with E-state index in [0.717, 1.165) is 16.1 Å². The van der Waals surface area contributed by atoms with Gasteiger partial charge in [0, 0.05) is 27.7 Å². The van der Waals surface area contributed by atoms with E-state index in [0.29, 0.717) is 27.7 Å². The first-order valence-electron chi connectivity index (χ1n) is 11.2. The molecule has 0 saturated heterocycles. The summed E-state index contributed by atoms with van der Waals surface area (Å²) in [6, 6.07) is 11.0. The van der Waals surface area contributed by atoms with E-state index in [1.54, 1.807) is 43.3 Å². The van der Waals surface area contributed by atoms with E-state index in [2.05, 4.69) is 5.32 Å². The number of amides is 2. The molecule has 2 aromatic rings. The zero-order valence-electron chi connectivity index (χ0n) is 20.9. The van der Waals surface area contributed by atoms with Crippen LogP contribution < -0.4 is 9.62 Å². The summed E-state index contributed by atoms with van der Waals surface area (Å²) in [7, 11) is -3.80. The Kier molecular flexibility index (Phi) is 9.62. The van der Waals surface area contributed by atoms with E-state index in [-0.39, 0.29) is 12.5 Å². The number of rotatable bonds is 9. The van der Waals surface area contributed by atoms with Crippen LogP contribution in [-0.4, -0.2) is 49.5 Å². The Morgan fingerprint density at radius 3 is 2.11 bits per heavy atom. The Morgan fingerprint density at radius 2 is 1.63 bits per heavy atom. The van der Waals surface area contributed by atoms with E-state index in [1.165, 1.54) is 4.90 Å². The standard InChI is InChI=1S/C25H33Cl2N3O4S/c1-7-22(24(32)28-25(3,4)5)29(15-19-20(26)12-9-13-21(19)27)23(31)16-30(35(6,33)34)18-11-8-10-17(2)14-18/h8-14,22H,7,15-16H2,1-6H3,(H,28,32)/t22-/m0/s1. The van der Waals surface area contributed by atoms with Gasteiger partial charge in [0.1, 0.15) is 12.6 Å². The fraction of sp³-hybridized carbons (Fsp3) is 0.440. The van der Waals surface area contributed by atoms with Crippen molar-refractivity contribution >= 4 is 50.7 Å². The van der Waals surface area contributed by atoms with Crippen molar-refractivity contribution in [2.45, 2.75) is 59.2 Å². The molecule has 0 saturated carbocycles. The fourth-order valence-electron chi connectivity index (χ4n) is 3.62. The summed E-state index contributed by atoms with van der Waals surface area (Å²) in [6.07, 6.45) is 1.35. The number of hydrogen-bond acceptors (Lipinski definition) is 4. The minimum atomic E-state index is -3.80. The number of sulfonamides is 1. The zero-order valence-corrected chi connectivity index (χ0v) is 23.3. The van der Waals surface area contributed by atoms with Crippen LogP contribution in [0.5, 0.6) is 0 Å². The van der Waals surface area contributed by atoms with E-state index in [4.69, 9.17) is 23.2 Å². The Balaban J connectivity index is 2.52. The highest BCUT2D eigenvalue weighted by molar-refractivity contribution is 7.92. The zero-order chi connectivity index (χ0) is 26.6. The molecule has 192 valence electrons. The van der Waals surface area contributed by atoms with Crippen molar-refractivity contribution in [1.82, 2.24) is 10.2 Å². The summed E-state index contributed by atoms with van der Waals surface area (Å²) in [5.41, 5.74) is 1.16. The SMILES string of the molecule is CC[C@@H](C(=O)NC(C)(C)C)N(Cc1c(Cl)cccc1Cl)C(=O)CN(c1cccc(C)c1)S(C)(=O)=O. The number of anilines is 1. The predicted octanol–water partition coefficient (Wildman–Crippen LogP) is 4.79. The second-order valence-corrected chi connectivity index (χ2v) is 12.2. The highest BCUT2D eigenvalue weighted by Gasteiger charge is 2.33. The molecule has 1 atom stereocenters. The van der Waals surface area contributed by atoms with Gasteiger partial charge in [0.25, 0.3) is 0 Å². The van der Waals surface area contributed by atoms with Gasteiger partial charge in [0.05, 0.1) is 11.9 Å². The molecule has 0 aromatic heterocycles. The molecule has 0 aliphatic rings. The minimum Gasteiger partial charge on any atom is -0.350 e. The quantitative estimate of drug-likeness (QED) is 0.494. The molecule has 7 nitrogen and oxygen atoms in total. The average Bonchev–Trinajstić information content (AvgIpc) is 2.71. The molecule has 0 unspecified atom stereocenters. The third-order valence-electron chi connectivity index (χ3n) is 5.24. The van der Waals surface area contributed by atoms with Crippen molar-refractivity contribution in [3.8, 4) is 0 Å². The average molecular weight is 543 g/mol. The van der Waals surface area contributed by atoms with Gasteiger partial charge < -0.3 is 10.2 Å². The topological polar surface area (TPSA) is 86.8 Å². The van der Waals surface area contributed by atoms with Gasteiger partial charge in [-0.15, -0.1) is 0 Å². The van der Waals surface area contributed by atoms with Crippen molar-refractivity contribution in [2.75, 3.05) is 17.1 Å². The van der Waals surface area contributed by atoms with Crippen molar-refractivity contribution < 1.29 is 18.0 Å². The number of benzene rings is 2. The summed E-state index contributed by atoms with van der Waals surface area (Å²) in [5.74, 6) is -0.901. The summed E-state index contributed by atoms with van der Waals surface area (Å²) < 4.78 is 26.4. The van der Waals surface area contributed by atoms with Crippen LogP contribution in [0.4, 0.5) is 5.69 Å². The maximum atomic E-state index is 13.7. The number of nitrogens with one attached hydrogen (secondary N) is 1. The molecular weight excluding hydrogens is 509 g/mol. The van der Waals surface area contributed by atoms with Crippen LogP contribution in [-0.2, 0) is 26.2 Å². The van der Waals surface area contributed by atoms with E-state index in [9.17, 15) is 18.0 Å². The molecule has 2 aromatic carbocycles. The number of hydrogen-bond donors (Lipinski definition) is 1. The maximum Gasteiger partial charge on any atom is 0.244 e. The lowest BCUT2D eigenvalue weighted by Crippen LogP contribution is -2.55. The van der Waals surface area contributed by atoms with Gasteiger partial charge >= 0.3 is 0 Å². The normalized spacial score (nSPS) is 12.7. The number of halogens is 2. The molecule has 0 aliphatic carbocycles. The Labute approximate surface area is 218 Å². The number of carbonyl (C=O) groups is 2. The summed E-state index contributed by atoms with van der Waals surface area (Å²) in [4.78, 5) is 28.2. The monoisotopic (exact) mass is 541 g/mol. The van der Waals surface area contributed by atoms with E-state index >= 15 is 0 Å². The molecule has 2 rings (SSSR count). The predicted molar refractivity (Wildman–Crippen MR) is 142 cm³/mol. The van der Waals surface area contributed by atoms with Crippen LogP contribution in [0.1, 0.15) is 45.2 Å². The third kappa shape index (κ3) is 8.12. The molecule has 10 heteroatoms. The molecule has 0 spiro atoms. The molecule has 2 amide bonds. The van der Waals surface area contributed by atoms with E-state index < -0.39 is 34.1 Å². The molecule has 0 bridgehead atoms. The van der Waals surface area contributed by atoms with Crippen LogP contribution in [0.2, 0.25) is 10.0 Å². The molecule has 0 fully saturated rings. The van der Waals surface area contributed by atoms with Gasteiger partial charge in [-0.25, -0.2) is 8.42 Å². The molecule has 0 heterocycles. The maximum absolute atomic E-state index is 13.7. The van der Waals surface area contributed by atoms with Gasteiger partial charge in [-0.3, -0.25) is 13.9 Å². The van der Waals surface area contributed by atoms with Gasteiger partial charge in [0.2, 0.25) is 21.8 Å². The van der Waals surface area contributed by atoms with Crippen LogP contribution in [0.3, 0.4) is 0 Å². The van der Waals surface area contributed by atoms with Crippen LogP contribution in [0, 0.1) is 6.92 Å². The first-order valence-corrected chi connectivity index (χ1v) is 13.8. The lowest BCUT2D eigenvalue weighted by molar-refractivity contribution is -0.141. The molecular formula is C25H33Cl2N3O4S. The first-order chi connectivity index (χ1) is 16.1. The summed E-state index contributed by atoms with van der Waals surface area (Å²) in [5, 5.41) is 3.61. The Bertz CT molecular complexity index is 1160. The van der Waals surface area contributed by atoms with Gasteiger partial charge in [-0.1, -0.05) is 48.3 Å². The number of carbonyl (C=O) groups excluding carboxylic acids is 2. The molecule has 0 radical (unpaired) electrons. The number of nitrogens with zero attached hydrogens (tertiary/aromatic N) is 2. The highest BCUT2D eigenvalue weighted by Crippen LogP contribution is 2.28. The number of aryl methyl sites for hydroxylation is 1. The molecule has 1 N–H and O–H groups in total. The van der Waals surface area contributed by atoms with Crippen LogP contribution >= 0.6 is 23.2 Å². The van der Waals surface area contributed by atoms with Gasteiger partial charge in [-0.2, -0.15) is 0 Å². The largest absolute Gasteiger partial charge is 0.350 e. The molecule has 0 aliphatic heterocycles. The lowest BCUT2D eigenvalue weighted by Gasteiger charge is -2.34. The summed E-state index contributed by atoms with van der Waals surface area (Å²) in [6.45, 7) is 8.62. The van der Waals surface area contributed by atoms with Crippen LogP contribution in [0.25, 0.3) is 0 Å². The third-order valence-corrected chi connectivity index (χ3v) is 7.09. The van der Waals surface area contributed by atoms with Gasteiger partial charge in [0.15, 0.2) is 0 Å².